The van der Waals surface area contributed by atoms with Gasteiger partial charge >= 0.3 is 0 Å². The van der Waals surface area contributed by atoms with E-state index in [0.717, 1.165) is 0 Å². The van der Waals surface area contributed by atoms with Crippen molar-refractivity contribution in [2.24, 2.45) is 5.10 Å². The number of methoxy groups -OCH3 is 1. The van der Waals surface area contributed by atoms with Gasteiger partial charge in [-0.2, -0.15) is 9.78 Å². The molecular formula is C26H21N5O3. The van der Waals surface area contributed by atoms with Crippen molar-refractivity contribution in [2.45, 2.75) is 6.92 Å². The first kappa shape index (κ1) is 21.1. The van der Waals surface area contributed by atoms with Crippen LogP contribution in [0, 0.1) is 6.92 Å². The van der Waals surface area contributed by atoms with Gasteiger partial charge in [0.1, 0.15) is 5.75 Å². The van der Waals surface area contributed by atoms with Crippen molar-refractivity contribution in [1.82, 2.24) is 19.4 Å². The van der Waals surface area contributed by atoms with Crippen LogP contribution in [0.25, 0.3) is 28.0 Å². The van der Waals surface area contributed by atoms with E-state index in [1.165, 1.54) is 15.6 Å². The van der Waals surface area contributed by atoms with Gasteiger partial charge in [0.05, 0.1) is 41.0 Å². The topological polar surface area (TPSA) is 94.3 Å². The lowest BCUT2D eigenvalue weighted by molar-refractivity contribution is 0.416. The average molecular weight is 451 g/mol. The van der Waals surface area contributed by atoms with E-state index in [4.69, 9.17) is 9.72 Å². The molecule has 1 N–H and O–H groups in total. The Labute approximate surface area is 194 Å². The Bertz CT molecular complexity index is 1650. The number of aromatic nitrogens is 4. The number of ether oxygens (including phenoxy) is 1. The molecule has 2 aromatic heterocycles. The smallest absolute Gasteiger partial charge is 0.282 e. The number of nitrogens with one attached hydrogen (secondary N) is 1. The summed E-state index contributed by atoms with van der Waals surface area (Å²) in [5.74, 6) is 0.867. The van der Waals surface area contributed by atoms with Crippen molar-refractivity contribution >= 4 is 17.1 Å². The molecule has 0 aliphatic heterocycles. The molecule has 0 fully saturated rings. The summed E-state index contributed by atoms with van der Waals surface area (Å²) >= 11 is 0. The Balaban J connectivity index is 1.71. The fraction of sp³-hybridized carbons (Fsp3) is 0.0769. The fourth-order valence-corrected chi connectivity index (χ4v) is 3.82. The first-order valence-electron chi connectivity index (χ1n) is 10.6. The van der Waals surface area contributed by atoms with E-state index in [0.29, 0.717) is 45.0 Å². The Morgan fingerprint density at radius 3 is 2.41 bits per heavy atom. The lowest BCUT2D eigenvalue weighted by Gasteiger charge is -2.12. The van der Waals surface area contributed by atoms with E-state index in [9.17, 15) is 9.59 Å². The summed E-state index contributed by atoms with van der Waals surface area (Å²) in [5, 5.41) is 7.92. The summed E-state index contributed by atoms with van der Waals surface area (Å²) in [4.78, 5) is 31.2. The van der Waals surface area contributed by atoms with Gasteiger partial charge in [-0.05, 0) is 43.3 Å². The molecule has 0 aliphatic rings. The molecule has 8 heteroatoms. The highest BCUT2D eigenvalue weighted by Gasteiger charge is 2.16. The molecule has 0 saturated heterocycles. The minimum Gasteiger partial charge on any atom is -0.496 e. The van der Waals surface area contributed by atoms with Crippen molar-refractivity contribution in [3.05, 3.63) is 111 Å². The zero-order valence-electron chi connectivity index (χ0n) is 18.6. The molecule has 0 saturated carbocycles. The van der Waals surface area contributed by atoms with Crippen LogP contribution in [0.1, 0.15) is 11.3 Å². The molecule has 5 aromatic rings. The van der Waals surface area contributed by atoms with Crippen LogP contribution in [0.2, 0.25) is 0 Å². The molecule has 168 valence electrons. The Kier molecular flexibility index (Phi) is 5.39. The number of nitrogens with zero attached hydrogens (tertiary/aromatic N) is 4. The van der Waals surface area contributed by atoms with Crippen molar-refractivity contribution in [1.29, 1.82) is 0 Å². The van der Waals surface area contributed by atoms with Gasteiger partial charge in [-0.1, -0.05) is 42.5 Å². The Morgan fingerprint density at radius 2 is 1.62 bits per heavy atom. The highest BCUT2D eigenvalue weighted by atomic mass is 16.5. The maximum atomic E-state index is 13.4. The van der Waals surface area contributed by atoms with Gasteiger partial charge in [0.25, 0.3) is 11.1 Å². The average Bonchev–Trinajstić information content (AvgIpc) is 3.17. The fourth-order valence-electron chi connectivity index (χ4n) is 3.82. The second-order valence-electron chi connectivity index (χ2n) is 7.64. The van der Waals surface area contributed by atoms with Crippen molar-refractivity contribution in [3.63, 3.8) is 0 Å². The van der Waals surface area contributed by atoms with E-state index in [1.54, 1.807) is 38.3 Å². The number of hydrogen-bond donors (Lipinski definition) is 1. The molecule has 0 spiro atoms. The maximum absolute atomic E-state index is 13.4. The molecule has 5 rings (SSSR count). The van der Waals surface area contributed by atoms with Crippen LogP contribution >= 0.6 is 0 Å². The standard InChI is InChI=1S/C26H21N5O3/c1-17-21(26(33)30(29-17)18-10-4-3-5-11-18)16-27-31-24(20-13-7-9-15-23(20)34-2)28-22-14-8-6-12-19(22)25(31)32/h3-16,29H,1-2H3. The third kappa shape index (κ3) is 3.61. The third-order valence-electron chi connectivity index (χ3n) is 5.54. The summed E-state index contributed by atoms with van der Waals surface area (Å²) in [7, 11) is 1.56. The normalized spacial score (nSPS) is 11.4. The van der Waals surface area contributed by atoms with Gasteiger partial charge in [0.2, 0.25) is 0 Å². The second-order valence-corrected chi connectivity index (χ2v) is 7.64. The number of hydrogen-bond acceptors (Lipinski definition) is 5. The number of aromatic amines is 1. The summed E-state index contributed by atoms with van der Waals surface area (Å²) < 4.78 is 8.15. The SMILES string of the molecule is COc1ccccc1-c1nc2ccccc2c(=O)n1N=Cc1c(C)[nH]n(-c2ccccc2)c1=O. The summed E-state index contributed by atoms with van der Waals surface area (Å²) in [5.41, 5.74) is 2.21. The molecule has 0 aliphatic carbocycles. The Morgan fingerprint density at radius 1 is 0.912 bits per heavy atom. The quantitative estimate of drug-likeness (QED) is 0.412. The van der Waals surface area contributed by atoms with Crippen LogP contribution in [-0.4, -0.2) is 32.8 Å². The van der Waals surface area contributed by atoms with Crippen LogP contribution in [0.3, 0.4) is 0 Å². The predicted octanol–water partition coefficient (Wildman–Crippen LogP) is 3.74. The van der Waals surface area contributed by atoms with Crippen molar-refractivity contribution in [3.8, 4) is 22.8 Å². The number of rotatable bonds is 5. The largest absolute Gasteiger partial charge is 0.496 e. The number of H-pyrrole nitrogens is 1. The highest BCUT2D eigenvalue weighted by Crippen LogP contribution is 2.28. The van der Waals surface area contributed by atoms with Crippen LogP contribution in [0.4, 0.5) is 0 Å². The first-order chi connectivity index (χ1) is 16.6. The monoisotopic (exact) mass is 451 g/mol. The lowest BCUT2D eigenvalue weighted by Crippen LogP contribution is -2.21. The van der Waals surface area contributed by atoms with Gasteiger partial charge in [0.15, 0.2) is 5.82 Å². The van der Waals surface area contributed by atoms with Gasteiger partial charge < -0.3 is 4.74 Å². The summed E-state index contributed by atoms with van der Waals surface area (Å²) in [6.07, 6.45) is 1.39. The minimum atomic E-state index is -0.348. The predicted molar refractivity (Wildman–Crippen MR) is 132 cm³/mol. The number of fused-ring (bicyclic) bond motifs is 1. The summed E-state index contributed by atoms with van der Waals surface area (Å²) in [6.45, 7) is 1.78. The number of benzene rings is 3. The number of aryl methyl sites for hydroxylation is 1. The third-order valence-corrected chi connectivity index (χ3v) is 5.54. The number of para-hydroxylation sites is 3. The summed E-state index contributed by atoms with van der Waals surface area (Å²) in [6, 6.07) is 23.6. The molecular weight excluding hydrogens is 430 g/mol. The molecule has 0 radical (unpaired) electrons. The molecule has 8 nitrogen and oxygen atoms in total. The zero-order chi connectivity index (χ0) is 23.7. The van der Waals surface area contributed by atoms with E-state index < -0.39 is 0 Å². The Hall–Kier alpha value is -4.72. The molecule has 0 atom stereocenters. The van der Waals surface area contributed by atoms with E-state index in [-0.39, 0.29) is 11.1 Å². The molecule has 34 heavy (non-hydrogen) atoms. The molecule has 0 amide bonds. The minimum absolute atomic E-state index is 0.270. The lowest BCUT2D eigenvalue weighted by atomic mass is 10.1. The van der Waals surface area contributed by atoms with Gasteiger partial charge in [-0.15, -0.1) is 0 Å². The maximum Gasteiger partial charge on any atom is 0.282 e. The van der Waals surface area contributed by atoms with Crippen LogP contribution in [-0.2, 0) is 0 Å². The molecule has 0 unspecified atom stereocenters. The van der Waals surface area contributed by atoms with Crippen LogP contribution in [0.15, 0.2) is 93.6 Å². The van der Waals surface area contributed by atoms with Crippen LogP contribution < -0.4 is 15.9 Å². The van der Waals surface area contributed by atoms with E-state index in [1.807, 2.05) is 54.6 Å². The van der Waals surface area contributed by atoms with E-state index >= 15 is 0 Å². The van der Waals surface area contributed by atoms with Gasteiger partial charge in [0, 0.05) is 5.69 Å². The molecule has 2 heterocycles. The molecule has 0 bridgehead atoms. The van der Waals surface area contributed by atoms with Gasteiger partial charge in [-0.3, -0.25) is 14.7 Å². The first-order valence-corrected chi connectivity index (χ1v) is 10.6. The van der Waals surface area contributed by atoms with E-state index in [2.05, 4.69) is 10.2 Å². The zero-order valence-corrected chi connectivity index (χ0v) is 18.6. The van der Waals surface area contributed by atoms with Crippen LogP contribution in [0.5, 0.6) is 5.75 Å². The van der Waals surface area contributed by atoms with Crippen molar-refractivity contribution in [2.75, 3.05) is 7.11 Å². The molecule has 3 aromatic carbocycles. The highest BCUT2D eigenvalue weighted by molar-refractivity contribution is 5.83. The second kappa shape index (κ2) is 8.67. The van der Waals surface area contributed by atoms with Gasteiger partial charge in [-0.25, -0.2) is 9.67 Å². The van der Waals surface area contributed by atoms with Crippen molar-refractivity contribution < 1.29 is 4.74 Å².